The first-order valence-electron chi connectivity index (χ1n) is 3.27. The van der Waals surface area contributed by atoms with Crippen molar-refractivity contribution in [2.24, 2.45) is 5.73 Å². The summed E-state index contributed by atoms with van der Waals surface area (Å²) in [6.45, 7) is 0.225. The number of nitrogens with zero attached hydrogens (tertiary/aromatic N) is 2. The van der Waals surface area contributed by atoms with Gasteiger partial charge in [0.25, 0.3) is 5.56 Å². The maximum absolute atomic E-state index is 11.1. The molecule has 66 valence electrons. The maximum atomic E-state index is 11.1. The lowest BCUT2D eigenvalue weighted by atomic mass is 10.6. The van der Waals surface area contributed by atoms with Crippen molar-refractivity contribution in [2.75, 3.05) is 7.11 Å². The number of hydrogen-bond acceptors (Lipinski definition) is 4. The van der Waals surface area contributed by atoms with Gasteiger partial charge in [-0.15, -0.1) is 4.73 Å². The average Bonchev–Trinajstić information content (AvgIpc) is 2.06. The van der Waals surface area contributed by atoms with Gasteiger partial charge in [0.15, 0.2) is 0 Å². The highest BCUT2D eigenvalue weighted by Gasteiger charge is 1.98. The van der Waals surface area contributed by atoms with Crippen molar-refractivity contribution in [3.63, 3.8) is 0 Å². The third-order valence-corrected chi connectivity index (χ3v) is 1.80. The molecule has 0 unspecified atom stereocenters. The van der Waals surface area contributed by atoms with E-state index in [9.17, 15) is 4.79 Å². The predicted molar refractivity (Wildman–Crippen MR) is 46.2 cm³/mol. The van der Waals surface area contributed by atoms with Crippen molar-refractivity contribution >= 4 is 12.2 Å². The molecule has 0 bridgehead atoms. The van der Waals surface area contributed by atoms with Crippen LogP contribution in [-0.2, 0) is 6.67 Å². The van der Waals surface area contributed by atoms with E-state index in [-0.39, 0.29) is 17.0 Å². The Morgan fingerprint density at radius 1 is 1.75 bits per heavy atom. The number of nitrogens with two attached hydrogens (primary N) is 1. The van der Waals surface area contributed by atoms with Crippen LogP contribution in [0.2, 0.25) is 0 Å². The molecule has 2 N–H and O–H groups in total. The predicted octanol–water partition coefficient (Wildman–Crippen LogP) is -0.646. The molecule has 0 aliphatic heterocycles. The van der Waals surface area contributed by atoms with E-state index < -0.39 is 0 Å². The van der Waals surface area contributed by atoms with Gasteiger partial charge in [-0.25, -0.2) is 0 Å². The molecule has 0 amide bonds. The summed E-state index contributed by atoms with van der Waals surface area (Å²) in [6, 6.07) is 1.34. The number of aromatic nitrogens is 2. The molecule has 1 aromatic heterocycles. The minimum Gasteiger partial charge on any atom is -0.411 e. The van der Waals surface area contributed by atoms with Gasteiger partial charge in [-0.05, 0) is 12.2 Å². The van der Waals surface area contributed by atoms with Crippen molar-refractivity contribution in [3.8, 4) is 0 Å². The molecule has 0 saturated heterocycles. The van der Waals surface area contributed by atoms with Gasteiger partial charge in [0.2, 0.25) is 4.77 Å². The first-order valence-corrected chi connectivity index (χ1v) is 3.68. The highest BCUT2D eigenvalue weighted by Crippen LogP contribution is 1.85. The molecule has 0 radical (unpaired) electrons. The molecule has 0 aliphatic rings. The average molecular weight is 187 g/mol. The first kappa shape index (κ1) is 8.95. The monoisotopic (exact) mass is 187 g/mol. The summed E-state index contributed by atoms with van der Waals surface area (Å²) in [4.78, 5) is 15.8. The van der Waals surface area contributed by atoms with Gasteiger partial charge in [-0.2, -0.15) is 0 Å². The van der Waals surface area contributed by atoms with Crippen LogP contribution in [0.3, 0.4) is 0 Å². The third kappa shape index (κ3) is 1.39. The molecule has 0 aliphatic carbocycles. The quantitative estimate of drug-likeness (QED) is 0.625. The van der Waals surface area contributed by atoms with E-state index in [1.807, 2.05) is 0 Å². The fraction of sp³-hybridized carbons (Fsp3) is 0.333. The van der Waals surface area contributed by atoms with Gasteiger partial charge in [0, 0.05) is 12.3 Å². The van der Waals surface area contributed by atoms with Gasteiger partial charge in [0.1, 0.15) is 7.11 Å². The summed E-state index contributed by atoms with van der Waals surface area (Å²) in [5.74, 6) is 0. The van der Waals surface area contributed by atoms with E-state index in [0.717, 1.165) is 4.73 Å². The standard InChI is InChI=1S/C6H9N3O2S/c1-11-9-5(10)2-3-8(4-7)6(9)12/h2-3H,4,7H2,1H3. The van der Waals surface area contributed by atoms with Crippen LogP contribution in [0.4, 0.5) is 0 Å². The highest BCUT2D eigenvalue weighted by molar-refractivity contribution is 7.71. The minimum absolute atomic E-state index is 0.225. The van der Waals surface area contributed by atoms with Crippen molar-refractivity contribution in [1.29, 1.82) is 0 Å². The molecular weight excluding hydrogens is 178 g/mol. The Morgan fingerprint density at radius 3 is 2.92 bits per heavy atom. The van der Waals surface area contributed by atoms with Crippen LogP contribution < -0.4 is 16.1 Å². The van der Waals surface area contributed by atoms with E-state index >= 15 is 0 Å². The summed E-state index contributed by atoms with van der Waals surface area (Å²) in [7, 11) is 1.37. The topological polar surface area (TPSA) is 62.2 Å². The van der Waals surface area contributed by atoms with Crippen molar-refractivity contribution in [2.45, 2.75) is 6.67 Å². The van der Waals surface area contributed by atoms with E-state index in [0.29, 0.717) is 0 Å². The molecule has 6 heteroatoms. The second-order valence-electron chi connectivity index (χ2n) is 2.07. The second-order valence-corrected chi connectivity index (χ2v) is 2.43. The summed E-state index contributed by atoms with van der Waals surface area (Å²) in [5.41, 5.74) is 5.05. The van der Waals surface area contributed by atoms with E-state index in [1.54, 1.807) is 0 Å². The summed E-state index contributed by atoms with van der Waals surface area (Å²) < 4.78 is 2.79. The molecule has 0 spiro atoms. The van der Waals surface area contributed by atoms with Crippen LogP contribution in [0.5, 0.6) is 0 Å². The molecule has 0 saturated carbocycles. The van der Waals surface area contributed by atoms with Crippen LogP contribution >= 0.6 is 12.2 Å². The Balaban J connectivity index is 3.45. The van der Waals surface area contributed by atoms with E-state index in [2.05, 4.69) is 0 Å². The van der Waals surface area contributed by atoms with Crippen molar-refractivity contribution in [1.82, 2.24) is 9.30 Å². The Hall–Kier alpha value is -1.14. The molecule has 0 atom stereocenters. The SMILES string of the molecule is COn1c(=O)ccn(CN)c1=S. The molecule has 12 heavy (non-hydrogen) atoms. The summed E-state index contributed by atoms with van der Waals surface area (Å²) in [6.07, 6.45) is 1.53. The van der Waals surface area contributed by atoms with Crippen LogP contribution in [0, 0.1) is 4.77 Å². The Kier molecular flexibility index (Phi) is 2.61. The number of rotatable bonds is 2. The largest absolute Gasteiger partial charge is 0.411 e. The zero-order chi connectivity index (χ0) is 9.14. The zero-order valence-electron chi connectivity index (χ0n) is 6.56. The summed E-state index contributed by atoms with van der Waals surface area (Å²) in [5, 5.41) is 0. The van der Waals surface area contributed by atoms with Gasteiger partial charge in [-0.1, -0.05) is 0 Å². The third-order valence-electron chi connectivity index (χ3n) is 1.40. The van der Waals surface area contributed by atoms with Crippen molar-refractivity contribution in [3.05, 3.63) is 27.4 Å². The minimum atomic E-state index is -0.299. The lowest BCUT2D eigenvalue weighted by Crippen LogP contribution is -2.28. The lowest BCUT2D eigenvalue weighted by molar-refractivity contribution is 0.145. The van der Waals surface area contributed by atoms with E-state index in [4.69, 9.17) is 22.8 Å². The van der Waals surface area contributed by atoms with Crippen LogP contribution in [0.1, 0.15) is 0 Å². The molecule has 1 rings (SSSR count). The van der Waals surface area contributed by atoms with Crippen LogP contribution in [0.15, 0.2) is 17.1 Å². The Morgan fingerprint density at radius 2 is 2.42 bits per heavy atom. The van der Waals surface area contributed by atoms with Gasteiger partial charge in [-0.3, -0.25) is 4.79 Å². The zero-order valence-corrected chi connectivity index (χ0v) is 7.37. The lowest BCUT2D eigenvalue weighted by Gasteiger charge is -2.07. The second kappa shape index (κ2) is 3.51. The normalized spacial score (nSPS) is 9.83. The van der Waals surface area contributed by atoms with E-state index in [1.165, 1.54) is 23.9 Å². The van der Waals surface area contributed by atoms with Gasteiger partial charge >= 0.3 is 0 Å². The molecular formula is C6H9N3O2S. The number of hydrogen-bond donors (Lipinski definition) is 1. The van der Waals surface area contributed by atoms with Crippen molar-refractivity contribution < 1.29 is 4.84 Å². The molecule has 5 nitrogen and oxygen atoms in total. The molecule has 0 aromatic carbocycles. The van der Waals surface area contributed by atoms with Crippen LogP contribution in [-0.4, -0.2) is 16.4 Å². The van der Waals surface area contributed by atoms with Gasteiger partial charge < -0.3 is 15.1 Å². The molecule has 1 aromatic rings. The fourth-order valence-corrected chi connectivity index (χ4v) is 1.10. The fourth-order valence-electron chi connectivity index (χ4n) is 0.803. The molecule has 1 heterocycles. The van der Waals surface area contributed by atoms with Crippen LogP contribution in [0.25, 0.3) is 0 Å². The highest BCUT2D eigenvalue weighted by atomic mass is 32.1. The Labute approximate surface area is 73.9 Å². The maximum Gasteiger partial charge on any atom is 0.287 e. The summed E-state index contributed by atoms with van der Waals surface area (Å²) >= 11 is 4.90. The van der Waals surface area contributed by atoms with Gasteiger partial charge in [0.05, 0.1) is 6.67 Å². The smallest absolute Gasteiger partial charge is 0.287 e. The molecule has 0 fully saturated rings. The first-order chi connectivity index (χ1) is 5.70. The Bertz CT molecular complexity index is 381.